The summed E-state index contributed by atoms with van der Waals surface area (Å²) in [6.45, 7) is 0. The molecule has 32 heavy (non-hydrogen) atoms. The molecule has 0 aromatic rings. The van der Waals surface area contributed by atoms with Crippen molar-refractivity contribution in [2.24, 2.45) is 0 Å². The molecule has 3 nitrogen and oxygen atoms in total. The summed E-state index contributed by atoms with van der Waals surface area (Å²) in [5, 5.41) is 0. The van der Waals surface area contributed by atoms with Crippen molar-refractivity contribution in [3.63, 3.8) is 0 Å². The molecule has 0 saturated heterocycles. The average molecular weight is 550 g/mol. The summed E-state index contributed by atoms with van der Waals surface area (Å²) in [5.74, 6) is -49.6. The van der Waals surface area contributed by atoms with Crippen LogP contribution < -0.4 is 29.6 Å². The van der Waals surface area contributed by atoms with Crippen molar-refractivity contribution in [2.75, 3.05) is 0 Å². The number of hydrogen-bond donors (Lipinski definition) is 0. The van der Waals surface area contributed by atoms with Gasteiger partial charge in [0.05, 0.1) is 0 Å². The zero-order valence-corrected chi connectivity index (χ0v) is 17.2. The van der Waals surface area contributed by atoms with Crippen LogP contribution in [0.3, 0.4) is 0 Å². The van der Waals surface area contributed by atoms with Crippen LogP contribution in [0.25, 0.3) is 0 Å². The smallest absolute Gasteiger partial charge is 0.746 e. The van der Waals surface area contributed by atoms with Gasteiger partial charge in [-0.1, -0.05) is 0 Å². The molecule has 0 aliphatic carbocycles. The third kappa shape index (κ3) is 4.90. The van der Waals surface area contributed by atoms with Crippen LogP contribution in [-0.4, -0.2) is 72.8 Å². The van der Waals surface area contributed by atoms with Crippen molar-refractivity contribution in [2.45, 2.75) is 59.8 Å². The Morgan fingerprint density at radius 1 is 0.562 bits per heavy atom. The molecule has 0 spiro atoms. The van der Waals surface area contributed by atoms with Crippen LogP contribution >= 0.6 is 0 Å². The number of halogens is 17. The Balaban J connectivity index is 0. The summed E-state index contributed by atoms with van der Waals surface area (Å²) in [4.78, 5) is 0. The van der Waals surface area contributed by atoms with Crippen LogP contribution in [0.5, 0.6) is 0 Å². The molecule has 0 fully saturated rings. The Hall–Kier alpha value is -0.280. The Kier molecular flexibility index (Phi) is 9.96. The van der Waals surface area contributed by atoms with Crippen LogP contribution in [0, 0.1) is 0 Å². The molecule has 0 aromatic carbocycles. The molecule has 3 atom stereocenters. The molecule has 188 valence electrons. The van der Waals surface area contributed by atoms with Gasteiger partial charge in [-0.05, 0) is 0 Å². The molecule has 3 unspecified atom stereocenters. The van der Waals surface area contributed by atoms with E-state index in [-0.39, 0.29) is 29.6 Å². The minimum atomic E-state index is -8.64. The number of rotatable bonds is 10. The van der Waals surface area contributed by atoms with Gasteiger partial charge in [0, 0.05) is 0 Å². The second-order valence-corrected chi connectivity index (χ2v) is 6.93. The standard InChI is InChI=1S/C10H5F17O3S.Na/c11-1(3(13)14)2(12)5(16,17)7(20,21)9(24,25)10(26,27)8(22,23)6(18,19)4(15)31(28,29)30;/h1-4H,(H,28,29,30);/q;+1/p-1. The van der Waals surface area contributed by atoms with Crippen LogP contribution in [-0.2, 0) is 10.1 Å². The van der Waals surface area contributed by atoms with Crippen molar-refractivity contribution in [1.29, 1.82) is 0 Å². The van der Waals surface area contributed by atoms with E-state index < -0.39 is 69.9 Å². The van der Waals surface area contributed by atoms with Crippen molar-refractivity contribution < 1.29 is 117 Å². The monoisotopic (exact) mass is 550 g/mol. The molecule has 0 radical (unpaired) electrons. The third-order valence-corrected chi connectivity index (χ3v) is 4.23. The maximum absolute atomic E-state index is 13.3. The van der Waals surface area contributed by atoms with E-state index in [4.69, 9.17) is 0 Å². The molecule has 0 amide bonds. The van der Waals surface area contributed by atoms with Gasteiger partial charge >= 0.3 is 65.1 Å². The SMILES string of the molecule is O=S(=O)([O-])C(F)C(F)(F)C(F)(F)C(F)(F)C(F)(F)C(F)(F)C(F)(F)C(F)C(F)C(F)F.[Na+]. The first-order chi connectivity index (χ1) is 13.2. The van der Waals surface area contributed by atoms with E-state index in [1.54, 1.807) is 0 Å². The van der Waals surface area contributed by atoms with E-state index in [0.29, 0.717) is 0 Å². The Morgan fingerprint density at radius 3 is 1.09 bits per heavy atom. The average Bonchev–Trinajstić information content (AvgIpc) is 2.57. The number of hydrogen-bond acceptors (Lipinski definition) is 3. The van der Waals surface area contributed by atoms with Crippen molar-refractivity contribution in [3.8, 4) is 0 Å². The molecule has 0 rings (SSSR count). The van der Waals surface area contributed by atoms with Crippen LogP contribution in [0.4, 0.5) is 74.6 Å². The zero-order chi connectivity index (χ0) is 25.8. The van der Waals surface area contributed by atoms with E-state index in [2.05, 4.69) is 0 Å². The summed E-state index contributed by atoms with van der Waals surface area (Å²) in [7, 11) is -7.40. The zero-order valence-electron chi connectivity index (χ0n) is 14.4. The normalized spacial score (nSPS) is 18.2. The molecule has 0 aliphatic heterocycles. The van der Waals surface area contributed by atoms with Gasteiger partial charge < -0.3 is 4.55 Å². The molecule has 22 heteroatoms. The second kappa shape index (κ2) is 9.40. The van der Waals surface area contributed by atoms with Gasteiger partial charge in [0.1, 0.15) is 10.1 Å². The minimum absolute atomic E-state index is 0. The van der Waals surface area contributed by atoms with E-state index in [9.17, 15) is 87.6 Å². The fourth-order valence-corrected chi connectivity index (χ4v) is 2.15. The molecule has 0 N–H and O–H groups in total. The van der Waals surface area contributed by atoms with Gasteiger partial charge in [0.15, 0.2) is 6.17 Å². The molecule has 0 aromatic heterocycles. The maximum Gasteiger partial charge on any atom is 1.00 e. The molecule has 0 saturated carbocycles. The predicted molar refractivity (Wildman–Crippen MR) is 60.1 cm³/mol. The van der Waals surface area contributed by atoms with Gasteiger partial charge in [-0.3, -0.25) is 0 Å². The first kappa shape index (κ1) is 33.9. The fourth-order valence-electron chi connectivity index (χ4n) is 1.64. The van der Waals surface area contributed by atoms with Crippen molar-refractivity contribution in [3.05, 3.63) is 0 Å². The minimum Gasteiger partial charge on any atom is -0.746 e. The Labute approximate surface area is 187 Å². The van der Waals surface area contributed by atoms with Gasteiger partial charge in [-0.25, -0.2) is 30.4 Å². The second-order valence-electron chi connectivity index (χ2n) is 5.53. The summed E-state index contributed by atoms with van der Waals surface area (Å²) in [5.41, 5.74) is -6.03. The van der Waals surface area contributed by atoms with Gasteiger partial charge in [0.2, 0.25) is 6.17 Å². The van der Waals surface area contributed by atoms with Crippen LogP contribution in [0.1, 0.15) is 0 Å². The summed E-state index contributed by atoms with van der Waals surface area (Å²) >= 11 is 0. The quantitative estimate of drug-likeness (QED) is 0.236. The number of alkyl halides is 17. The molecule has 0 heterocycles. The molecular formula is C10H4F17NaO3S. The Bertz CT molecular complexity index is 754. The molecule has 0 bridgehead atoms. The van der Waals surface area contributed by atoms with Crippen molar-refractivity contribution >= 4 is 10.1 Å². The van der Waals surface area contributed by atoms with Crippen LogP contribution in [0.15, 0.2) is 0 Å². The largest absolute Gasteiger partial charge is 1.00 e. The molecular weight excluding hydrogens is 546 g/mol. The third-order valence-electron chi connectivity index (χ3n) is 3.43. The summed E-state index contributed by atoms with van der Waals surface area (Å²) in [6, 6.07) is 0. The first-order valence-corrected chi connectivity index (χ1v) is 8.06. The van der Waals surface area contributed by atoms with E-state index in [1.165, 1.54) is 0 Å². The van der Waals surface area contributed by atoms with Gasteiger partial charge in [-0.2, -0.15) is 52.7 Å². The first-order valence-electron chi connectivity index (χ1n) is 6.59. The summed E-state index contributed by atoms with van der Waals surface area (Å²) < 4.78 is 250. The van der Waals surface area contributed by atoms with Gasteiger partial charge in [0.25, 0.3) is 11.9 Å². The van der Waals surface area contributed by atoms with E-state index in [0.717, 1.165) is 0 Å². The molecule has 0 aliphatic rings. The topological polar surface area (TPSA) is 57.2 Å². The van der Waals surface area contributed by atoms with Crippen molar-refractivity contribution in [1.82, 2.24) is 0 Å². The van der Waals surface area contributed by atoms with E-state index >= 15 is 0 Å². The predicted octanol–water partition coefficient (Wildman–Crippen LogP) is 1.58. The fraction of sp³-hybridized carbons (Fsp3) is 1.00. The maximum atomic E-state index is 13.3. The summed E-state index contributed by atoms with van der Waals surface area (Å²) in [6.07, 6.45) is -15.9. The van der Waals surface area contributed by atoms with Crippen LogP contribution in [0.2, 0.25) is 0 Å². The Morgan fingerprint density at radius 2 is 0.844 bits per heavy atom. The van der Waals surface area contributed by atoms with Gasteiger partial charge in [-0.15, -0.1) is 0 Å². The van der Waals surface area contributed by atoms with E-state index in [1.807, 2.05) is 0 Å².